The lowest BCUT2D eigenvalue weighted by molar-refractivity contribution is -0.145. The number of hydrogen-bond acceptors (Lipinski definition) is 12. The fraction of sp³-hybridized carbons (Fsp3) is 0.667. The number of ether oxygens (including phenoxy) is 2. The number of ketones is 4. The first-order valence-corrected chi connectivity index (χ1v) is 23.3. The Morgan fingerprint density at radius 3 is 1.94 bits per heavy atom. The van der Waals surface area contributed by atoms with Crippen LogP contribution in [-0.2, 0) is 52.6 Å². The number of Topliss-reactive ketones (excluding diaryl/α,β-unsaturated/α-hetero) is 4. The Morgan fingerprint density at radius 2 is 1.30 bits per heavy atom. The van der Waals surface area contributed by atoms with E-state index in [1.807, 2.05) is 31.2 Å². The summed E-state index contributed by atoms with van der Waals surface area (Å²) in [4.78, 5) is 122. The van der Waals surface area contributed by atoms with Crippen molar-refractivity contribution in [3.63, 3.8) is 0 Å². The zero-order valence-electron chi connectivity index (χ0n) is 38.4. The van der Waals surface area contributed by atoms with E-state index >= 15 is 0 Å². The van der Waals surface area contributed by atoms with E-state index in [1.165, 1.54) is 0 Å². The van der Waals surface area contributed by atoms with Crippen LogP contribution in [0.25, 0.3) is 0 Å². The summed E-state index contributed by atoms with van der Waals surface area (Å²) in [7, 11) is 0. The van der Waals surface area contributed by atoms with Gasteiger partial charge in [-0.15, -0.1) is 0 Å². The molecule has 0 radical (unpaired) electrons. The molecule has 0 heterocycles. The maximum atomic E-state index is 13.1. The number of nitrogens with one attached hydrogen (secondary N) is 2. The Hall–Kier alpha value is -5.36. The van der Waals surface area contributed by atoms with Gasteiger partial charge in [-0.25, -0.2) is 0 Å². The van der Waals surface area contributed by atoms with Gasteiger partial charge in [0, 0.05) is 88.3 Å². The number of hydrogen-bond donors (Lipinski definition) is 6. The molecule has 3 unspecified atom stereocenters. The molecule has 1 aliphatic rings. The van der Waals surface area contributed by atoms with Crippen LogP contribution in [0.5, 0.6) is 0 Å². The summed E-state index contributed by atoms with van der Waals surface area (Å²) in [6.07, 6.45) is 4.69. The number of carboxylic acid groups (broad SMARTS) is 3. The van der Waals surface area contributed by atoms with Gasteiger partial charge < -0.3 is 41.2 Å². The fourth-order valence-electron chi connectivity index (χ4n) is 7.80. The van der Waals surface area contributed by atoms with E-state index in [0.717, 1.165) is 12.0 Å². The Bertz CT molecular complexity index is 1760. The molecule has 0 aliphatic heterocycles. The number of benzene rings is 1. The molecule has 1 fully saturated rings. The van der Waals surface area contributed by atoms with Crippen LogP contribution in [0.1, 0.15) is 151 Å². The number of carboxylic acids is 3. The van der Waals surface area contributed by atoms with Gasteiger partial charge in [0.05, 0.1) is 31.8 Å². The van der Waals surface area contributed by atoms with Gasteiger partial charge in [0.15, 0.2) is 11.6 Å². The molecule has 7 N–H and O–H groups in total. The first-order chi connectivity index (χ1) is 31.4. The van der Waals surface area contributed by atoms with Crippen molar-refractivity contribution in [1.29, 1.82) is 0 Å². The van der Waals surface area contributed by atoms with Crippen molar-refractivity contribution < 1.29 is 72.7 Å². The van der Waals surface area contributed by atoms with E-state index < -0.39 is 53.4 Å². The summed E-state index contributed by atoms with van der Waals surface area (Å²) in [5, 5.41) is 33.1. The summed E-state index contributed by atoms with van der Waals surface area (Å²) in [5.74, 6) is -7.40. The molecule has 18 heteroatoms. The summed E-state index contributed by atoms with van der Waals surface area (Å²) in [6.45, 7) is 3.00. The Kier molecular flexibility index (Phi) is 27.8. The molecule has 0 spiro atoms. The third-order valence-electron chi connectivity index (χ3n) is 11.9. The van der Waals surface area contributed by atoms with Crippen molar-refractivity contribution in [3.05, 3.63) is 35.4 Å². The van der Waals surface area contributed by atoms with Gasteiger partial charge in [-0.1, -0.05) is 42.7 Å². The summed E-state index contributed by atoms with van der Waals surface area (Å²) >= 11 is 0. The zero-order chi connectivity index (χ0) is 48.9. The number of nitrogens with two attached hydrogens (primary N) is 1. The third kappa shape index (κ3) is 25.4. The van der Waals surface area contributed by atoms with Crippen LogP contribution in [0.3, 0.4) is 0 Å². The van der Waals surface area contributed by atoms with E-state index in [-0.39, 0.29) is 139 Å². The molecule has 66 heavy (non-hydrogen) atoms. The molecule has 2 rings (SSSR count). The van der Waals surface area contributed by atoms with Gasteiger partial charge in [0.1, 0.15) is 11.6 Å². The average Bonchev–Trinajstić information content (AvgIpc) is 3.27. The molecule has 368 valence electrons. The molecule has 1 aliphatic carbocycles. The van der Waals surface area contributed by atoms with Gasteiger partial charge in [-0.05, 0) is 77.0 Å². The van der Waals surface area contributed by atoms with Crippen molar-refractivity contribution in [2.24, 2.45) is 29.4 Å². The van der Waals surface area contributed by atoms with Crippen molar-refractivity contribution >= 4 is 58.8 Å². The van der Waals surface area contributed by atoms with Crippen molar-refractivity contribution in [1.82, 2.24) is 10.6 Å². The minimum absolute atomic E-state index is 0.0131. The van der Waals surface area contributed by atoms with Gasteiger partial charge in [-0.2, -0.15) is 0 Å². The molecule has 1 saturated carbocycles. The maximum Gasteiger partial charge on any atom is 0.306 e. The van der Waals surface area contributed by atoms with E-state index in [0.29, 0.717) is 63.5 Å². The average molecular weight is 930 g/mol. The molecule has 1 aromatic rings. The standard InChI is InChI=1S/C48H71N3O15/c1-32-12-16-34(17-13-32)40(53)8-4-2-3-7-36(47(49)62)29-38(52)24-26-66-28-27-65-25-6-9-41(54)39(21-23-46(60)61)51-44(57)22-20-37(48(63)64)30-42(55)35-18-14-33(15-19-35)31-50-43(56)10-5-11-45(58)59/h12-13,16-17,33,35-37,39H,2-11,14-15,18-31H2,1H3,(H2,49,62)(H,50,56)(H,51,57)(H,58,59)(H,60,61)(H,63,64). The zero-order valence-corrected chi connectivity index (χ0v) is 38.4. The van der Waals surface area contributed by atoms with Gasteiger partial charge in [0.2, 0.25) is 17.7 Å². The SMILES string of the molecule is Cc1ccc(C(=O)CCCCCC(CC(=O)CCOCCOCCCC(=O)C(CCC(=O)O)NC(=O)CCC(CC(=O)C2CCC(CNC(=O)CCCC(=O)O)CC2)C(=O)O)C(N)=O)cc1. The van der Waals surface area contributed by atoms with Gasteiger partial charge in [-0.3, -0.25) is 47.9 Å². The van der Waals surface area contributed by atoms with Gasteiger partial charge in [0.25, 0.3) is 0 Å². The predicted octanol–water partition coefficient (Wildman–Crippen LogP) is 4.93. The molecular formula is C48H71N3O15. The van der Waals surface area contributed by atoms with E-state index in [9.17, 15) is 58.2 Å². The lowest BCUT2D eigenvalue weighted by atomic mass is 9.78. The topological polar surface area (TPSA) is 300 Å². The smallest absolute Gasteiger partial charge is 0.306 e. The highest BCUT2D eigenvalue weighted by atomic mass is 16.5. The first kappa shape index (κ1) is 56.8. The van der Waals surface area contributed by atoms with Crippen molar-refractivity contribution in [3.8, 4) is 0 Å². The number of primary amides is 1. The Labute approximate surface area is 386 Å². The number of amides is 3. The minimum atomic E-state index is -1.23. The van der Waals surface area contributed by atoms with Crippen molar-refractivity contribution in [2.75, 3.05) is 33.0 Å². The largest absolute Gasteiger partial charge is 0.481 e. The number of carbonyl (C=O) groups excluding carboxylic acids is 7. The maximum absolute atomic E-state index is 13.1. The molecule has 3 atom stereocenters. The number of aliphatic carboxylic acids is 3. The van der Waals surface area contributed by atoms with Crippen LogP contribution in [0, 0.1) is 30.6 Å². The third-order valence-corrected chi connectivity index (χ3v) is 11.9. The first-order valence-electron chi connectivity index (χ1n) is 23.3. The van der Waals surface area contributed by atoms with Crippen molar-refractivity contribution in [2.45, 2.75) is 148 Å². The highest BCUT2D eigenvalue weighted by molar-refractivity contribution is 5.96. The molecule has 3 amide bonds. The van der Waals surface area contributed by atoms with Gasteiger partial charge >= 0.3 is 17.9 Å². The quantitative estimate of drug-likeness (QED) is 0.0379. The van der Waals surface area contributed by atoms with E-state index in [1.54, 1.807) is 0 Å². The normalized spacial score (nSPS) is 16.0. The monoisotopic (exact) mass is 929 g/mol. The Balaban J connectivity index is 1.63. The minimum Gasteiger partial charge on any atom is -0.481 e. The van der Waals surface area contributed by atoms with E-state index in [4.69, 9.17) is 20.3 Å². The van der Waals surface area contributed by atoms with Crippen LogP contribution < -0.4 is 16.4 Å². The summed E-state index contributed by atoms with van der Waals surface area (Å²) in [5.41, 5.74) is 7.30. The summed E-state index contributed by atoms with van der Waals surface area (Å²) < 4.78 is 11.0. The highest BCUT2D eigenvalue weighted by Crippen LogP contribution is 2.31. The molecule has 1 aromatic carbocycles. The fourth-order valence-corrected chi connectivity index (χ4v) is 7.80. The molecule has 18 nitrogen and oxygen atoms in total. The summed E-state index contributed by atoms with van der Waals surface area (Å²) in [6, 6.07) is 6.31. The molecule has 0 saturated heterocycles. The number of carbonyl (C=O) groups is 10. The molecular weight excluding hydrogens is 859 g/mol. The second-order valence-electron chi connectivity index (χ2n) is 17.3. The number of aryl methyl sites for hydroxylation is 1. The van der Waals surface area contributed by atoms with Crippen LogP contribution >= 0.6 is 0 Å². The van der Waals surface area contributed by atoms with E-state index in [2.05, 4.69) is 10.6 Å². The lowest BCUT2D eigenvalue weighted by Crippen LogP contribution is -2.41. The van der Waals surface area contributed by atoms with Crippen LogP contribution in [0.2, 0.25) is 0 Å². The predicted molar refractivity (Wildman–Crippen MR) is 240 cm³/mol. The van der Waals surface area contributed by atoms with Crippen LogP contribution in [0.15, 0.2) is 24.3 Å². The second-order valence-corrected chi connectivity index (χ2v) is 17.3. The second kappa shape index (κ2) is 32.3. The highest BCUT2D eigenvalue weighted by Gasteiger charge is 2.31. The van der Waals surface area contributed by atoms with Crippen LogP contribution in [0.4, 0.5) is 0 Å². The molecule has 0 aromatic heterocycles. The molecule has 0 bridgehead atoms. The lowest BCUT2D eigenvalue weighted by Gasteiger charge is -2.28. The number of unbranched alkanes of at least 4 members (excludes halogenated alkanes) is 2. The number of rotatable bonds is 38. The van der Waals surface area contributed by atoms with Crippen LogP contribution in [-0.4, -0.2) is 113 Å². The Morgan fingerprint density at radius 1 is 0.636 bits per heavy atom.